The fraction of sp³-hybridized carbons (Fsp3) is 0.778. The number of amides is 2. The minimum Gasteiger partial charge on any atom is -0.481 e. The third-order valence-electron chi connectivity index (χ3n) is 1.86. The van der Waals surface area contributed by atoms with Gasteiger partial charge in [0, 0.05) is 12.6 Å². The summed E-state index contributed by atoms with van der Waals surface area (Å²) in [6.07, 6.45) is -2.82. The van der Waals surface area contributed by atoms with Gasteiger partial charge >= 0.3 is 12.0 Å². The average Bonchev–Trinajstić information content (AvgIpc) is 2.13. The van der Waals surface area contributed by atoms with Gasteiger partial charge in [-0.25, -0.2) is 13.6 Å². The molecule has 16 heavy (non-hydrogen) atoms. The van der Waals surface area contributed by atoms with Gasteiger partial charge in [-0.05, 0) is 13.8 Å². The smallest absolute Gasteiger partial charge is 0.317 e. The fourth-order valence-corrected chi connectivity index (χ4v) is 1.08. The molecular weight excluding hydrogens is 222 g/mol. The Balaban J connectivity index is 4.19. The lowest BCUT2D eigenvalue weighted by atomic mass is 10.3. The molecule has 0 unspecified atom stereocenters. The number of rotatable bonds is 6. The second-order valence-corrected chi connectivity index (χ2v) is 3.51. The third-order valence-corrected chi connectivity index (χ3v) is 1.86. The number of nitrogens with zero attached hydrogens (tertiary/aromatic N) is 1. The quantitative estimate of drug-likeness (QED) is 0.729. The Kier molecular flexibility index (Phi) is 6.36. The van der Waals surface area contributed by atoms with Gasteiger partial charge in [0.05, 0.1) is 13.0 Å². The van der Waals surface area contributed by atoms with E-state index in [-0.39, 0.29) is 19.0 Å². The summed E-state index contributed by atoms with van der Waals surface area (Å²) in [7, 11) is 0. The van der Waals surface area contributed by atoms with Crippen molar-refractivity contribution in [2.24, 2.45) is 0 Å². The first-order valence-corrected chi connectivity index (χ1v) is 4.89. The Hall–Kier alpha value is -1.40. The number of halogens is 2. The lowest BCUT2D eigenvalue weighted by Crippen LogP contribution is -2.46. The number of urea groups is 1. The topological polar surface area (TPSA) is 69.6 Å². The summed E-state index contributed by atoms with van der Waals surface area (Å²) >= 11 is 0. The van der Waals surface area contributed by atoms with Crippen LogP contribution in [0.4, 0.5) is 13.6 Å². The summed E-state index contributed by atoms with van der Waals surface area (Å²) < 4.78 is 23.7. The average molecular weight is 238 g/mol. The Morgan fingerprint density at radius 1 is 1.38 bits per heavy atom. The van der Waals surface area contributed by atoms with Crippen LogP contribution < -0.4 is 5.32 Å². The molecule has 0 aliphatic rings. The largest absolute Gasteiger partial charge is 0.481 e. The normalized spacial score (nSPS) is 10.6. The second-order valence-electron chi connectivity index (χ2n) is 3.51. The molecule has 0 aliphatic heterocycles. The predicted octanol–water partition coefficient (Wildman–Crippen LogP) is 1.15. The van der Waals surface area contributed by atoms with Crippen molar-refractivity contribution in [1.82, 2.24) is 10.2 Å². The monoisotopic (exact) mass is 238 g/mol. The Labute approximate surface area is 92.4 Å². The van der Waals surface area contributed by atoms with Crippen LogP contribution in [-0.2, 0) is 4.79 Å². The molecule has 0 bridgehead atoms. The first-order valence-electron chi connectivity index (χ1n) is 4.89. The van der Waals surface area contributed by atoms with E-state index in [4.69, 9.17) is 5.11 Å². The van der Waals surface area contributed by atoms with E-state index in [2.05, 4.69) is 0 Å². The highest BCUT2D eigenvalue weighted by Crippen LogP contribution is 2.01. The molecule has 0 aromatic rings. The summed E-state index contributed by atoms with van der Waals surface area (Å²) in [5, 5.41) is 10.5. The van der Waals surface area contributed by atoms with Gasteiger partial charge in [-0.1, -0.05) is 0 Å². The Morgan fingerprint density at radius 3 is 2.31 bits per heavy atom. The van der Waals surface area contributed by atoms with Crippen molar-refractivity contribution in [2.45, 2.75) is 32.7 Å². The molecule has 0 aromatic carbocycles. The van der Waals surface area contributed by atoms with Gasteiger partial charge < -0.3 is 15.3 Å². The summed E-state index contributed by atoms with van der Waals surface area (Å²) in [6.45, 7) is 2.64. The van der Waals surface area contributed by atoms with E-state index in [0.29, 0.717) is 0 Å². The molecule has 2 N–H and O–H groups in total. The molecule has 5 nitrogen and oxygen atoms in total. The van der Waals surface area contributed by atoms with Crippen LogP contribution in [0.2, 0.25) is 0 Å². The summed E-state index contributed by atoms with van der Waals surface area (Å²) in [5.41, 5.74) is 0. The van der Waals surface area contributed by atoms with Crippen LogP contribution in [-0.4, -0.2) is 47.6 Å². The number of carboxylic acid groups (broad SMARTS) is 1. The zero-order valence-corrected chi connectivity index (χ0v) is 9.24. The van der Waals surface area contributed by atoms with Crippen molar-refractivity contribution in [3.05, 3.63) is 0 Å². The standard InChI is InChI=1S/C9H16F2N2O3/c1-6(2)13(4-3-8(14)15)9(16)12-5-7(10)11/h6-7H,3-5H2,1-2H3,(H,12,16)(H,14,15). The molecule has 0 spiro atoms. The Bertz CT molecular complexity index is 247. The number of aliphatic carboxylic acids is 1. The minimum absolute atomic E-state index is 0.00205. The number of carbonyl (C=O) groups excluding carboxylic acids is 1. The van der Waals surface area contributed by atoms with Crippen LogP contribution in [0.3, 0.4) is 0 Å². The molecule has 0 heterocycles. The van der Waals surface area contributed by atoms with Gasteiger partial charge in [-0.2, -0.15) is 0 Å². The van der Waals surface area contributed by atoms with Crippen molar-refractivity contribution in [1.29, 1.82) is 0 Å². The number of alkyl halides is 2. The first-order chi connectivity index (χ1) is 7.34. The fourth-order valence-electron chi connectivity index (χ4n) is 1.08. The molecule has 0 fully saturated rings. The van der Waals surface area contributed by atoms with Crippen molar-refractivity contribution in [3.63, 3.8) is 0 Å². The molecule has 7 heteroatoms. The number of carboxylic acids is 1. The molecule has 2 amide bonds. The molecule has 0 radical (unpaired) electrons. The molecule has 0 aliphatic carbocycles. The van der Waals surface area contributed by atoms with Crippen LogP contribution in [0, 0.1) is 0 Å². The highest BCUT2D eigenvalue weighted by Gasteiger charge is 2.18. The first kappa shape index (κ1) is 14.6. The summed E-state index contributed by atoms with van der Waals surface area (Å²) in [5.74, 6) is -1.03. The predicted molar refractivity (Wildman–Crippen MR) is 53.5 cm³/mol. The SMILES string of the molecule is CC(C)N(CCC(=O)O)C(=O)NCC(F)F. The number of hydrogen-bond donors (Lipinski definition) is 2. The van der Waals surface area contributed by atoms with Crippen LogP contribution in [0.1, 0.15) is 20.3 Å². The van der Waals surface area contributed by atoms with Crippen LogP contribution in [0.15, 0.2) is 0 Å². The molecule has 0 saturated carbocycles. The number of carbonyl (C=O) groups is 2. The summed E-state index contributed by atoms with van der Waals surface area (Å²) in [4.78, 5) is 22.9. The number of nitrogens with one attached hydrogen (secondary N) is 1. The van der Waals surface area contributed by atoms with Crippen LogP contribution >= 0.6 is 0 Å². The zero-order chi connectivity index (χ0) is 12.7. The van der Waals surface area contributed by atoms with Crippen molar-refractivity contribution < 1.29 is 23.5 Å². The lowest BCUT2D eigenvalue weighted by molar-refractivity contribution is -0.137. The maximum absolute atomic E-state index is 11.8. The minimum atomic E-state index is -2.61. The van der Waals surface area contributed by atoms with Crippen molar-refractivity contribution in [2.75, 3.05) is 13.1 Å². The molecule has 0 atom stereocenters. The van der Waals surface area contributed by atoms with Crippen LogP contribution in [0.5, 0.6) is 0 Å². The van der Waals surface area contributed by atoms with Gasteiger partial charge in [0.1, 0.15) is 0 Å². The molecular formula is C9H16F2N2O3. The van der Waals surface area contributed by atoms with Gasteiger partial charge in [0.2, 0.25) is 0 Å². The highest BCUT2D eigenvalue weighted by atomic mass is 19.3. The van der Waals surface area contributed by atoms with E-state index in [9.17, 15) is 18.4 Å². The van der Waals surface area contributed by atoms with Gasteiger partial charge in [0.25, 0.3) is 6.43 Å². The van der Waals surface area contributed by atoms with E-state index >= 15 is 0 Å². The molecule has 0 saturated heterocycles. The second kappa shape index (κ2) is 6.97. The van der Waals surface area contributed by atoms with Gasteiger partial charge in [-0.15, -0.1) is 0 Å². The third kappa shape index (κ3) is 6.15. The highest BCUT2D eigenvalue weighted by molar-refractivity contribution is 5.75. The molecule has 94 valence electrons. The lowest BCUT2D eigenvalue weighted by Gasteiger charge is -2.26. The van der Waals surface area contributed by atoms with Gasteiger partial charge in [-0.3, -0.25) is 4.79 Å². The van der Waals surface area contributed by atoms with E-state index in [1.807, 2.05) is 5.32 Å². The maximum Gasteiger partial charge on any atom is 0.317 e. The van der Waals surface area contributed by atoms with Crippen molar-refractivity contribution in [3.8, 4) is 0 Å². The summed E-state index contributed by atoms with van der Waals surface area (Å²) in [6, 6.07) is -0.909. The number of hydrogen-bond acceptors (Lipinski definition) is 2. The maximum atomic E-state index is 11.8. The van der Waals surface area contributed by atoms with Crippen molar-refractivity contribution >= 4 is 12.0 Å². The van der Waals surface area contributed by atoms with E-state index < -0.39 is 25.0 Å². The van der Waals surface area contributed by atoms with E-state index in [1.165, 1.54) is 4.90 Å². The van der Waals surface area contributed by atoms with E-state index in [0.717, 1.165) is 0 Å². The molecule has 0 rings (SSSR count). The van der Waals surface area contributed by atoms with Gasteiger partial charge in [0.15, 0.2) is 0 Å². The molecule has 0 aromatic heterocycles. The Morgan fingerprint density at radius 2 is 1.94 bits per heavy atom. The van der Waals surface area contributed by atoms with E-state index in [1.54, 1.807) is 13.8 Å². The zero-order valence-electron chi connectivity index (χ0n) is 9.24. The van der Waals surface area contributed by atoms with Crippen LogP contribution in [0.25, 0.3) is 0 Å².